The van der Waals surface area contributed by atoms with Crippen molar-refractivity contribution in [3.05, 3.63) is 110 Å². The minimum atomic E-state index is -0.222. The zero-order valence-corrected chi connectivity index (χ0v) is 23.8. The molecule has 0 saturated carbocycles. The number of ether oxygens (including phenoxy) is 1. The molecule has 0 saturated heterocycles. The summed E-state index contributed by atoms with van der Waals surface area (Å²) in [5, 5.41) is 10.0. The minimum Gasteiger partial charge on any atom is -0.493 e. The van der Waals surface area contributed by atoms with E-state index in [-0.39, 0.29) is 5.56 Å². The molecule has 0 spiro atoms. The molecule has 0 fully saturated rings. The van der Waals surface area contributed by atoms with Gasteiger partial charge in [-0.3, -0.25) is 4.79 Å². The molecule has 0 N–H and O–H groups in total. The van der Waals surface area contributed by atoms with Crippen LogP contribution >= 0.6 is 22.9 Å². The van der Waals surface area contributed by atoms with Crippen molar-refractivity contribution in [3.8, 4) is 34.1 Å². The third kappa shape index (κ3) is 5.15. The zero-order chi connectivity index (χ0) is 27.8. The third-order valence-corrected chi connectivity index (χ3v) is 7.57. The van der Waals surface area contributed by atoms with Crippen LogP contribution in [0.1, 0.15) is 25.0 Å². The number of aryl methyl sites for hydroxylation is 1. The van der Waals surface area contributed by atoms with Crippen molar-refractivity contribution in [2.24, 2.45) is 5.92 Å². The third-order valence-electron chi connectivity index (χ3n) is 6.35. The molecule has 3 aromatic heterocycles. The fourth-order valence-corrected chi connectivity index (χ4v) is 5.37. The standard InChI is InChI=1S/C31H26ClN5O2S/c1-19(2)18-39-26-14-11-22(15-20(26)3)28-23(17-36(34-28)25-7-5-4-6-8-25)16-27-30(38)37-31(40-27)33-29(35-37)21-9-12-24(32)13-10-21/h4-17,19H,18H2,1-3H3/b27-16-. The highest BCUT2D eigenvalue weighted by atomic mass is 35.5. The molecular weight excluding hydrogens is 542 g/mol. The fraction of sp³-hybridized carbons (Fsp3) is 0.161. The molecule has 7 nitrogen and oxygen atoms in total. The smallest absolute Gasteiger partial charge is 0.291 e. The molecule has 0 atom stereocenters. The van der Waals surface area contributed by atoms with Gasteiger partial charge in [-0.2, -0.15) is 14.6 Å². The summed E-state index contributed by atoms with van der Waals surface area (Å²) in [5.41, 5.74) is 5.05. The van der Waals surface area contributed by atoms with Gasteiger partial charge in [0.05, 0.1) is 16.8 Å². The molecule has 3 aromatic carbocycles. The normalized spacial score (nSPS) is 12.1. The molecule has 6 aromatic rings. The summed E-state index contributed by atoms with van der Waals surface area (Å²) in [6.45, 7) is 6.94. The Hall–Kier alpha value is -4.27. The van der Waals surface area contributed by atoms with Crippen molar-refractivity contribution in [1.29, 1.82) is 0 Å². The van der Waals surface area contributed by atoms with E-state index in [1.54, 1.807) is 12.1 Å². The van der Waals surface area contributed by atoms with Crippen LogP contribution in [0.25, 0.3) is 39.4 Å². The van der Waals surface area contributed by atoms with Gasteiger partial charge in [-0.05, 0) is 79.1 Å². The Morgan fingerprint density at radius 3 is 2.45 bits per heavy atom. The summed E-state index contributed by atoms with van der Waals surface area (Å²) in [6.07, 6.45) is 3.81. The van der Waals surface area contributed by atoms with Crippen LogP contribution in [0.15, 0.2) is 83.8 Å². The molecule has 0 unspecified atom stereocenters. The zero-order valence-electron chi connectivity index (χ0n) is 22.2. The lowest BCUT2D eigenvalue weighted by atomic mass is 10.0. The van der Waals surface area contributed by atoms with Gasteiger partial charge < -0.3 is 4.74 Å². The number of fused-ring (bicyclic) bond motifs is 1. The van der Waals surface area contributed by atoms with Gasteiger partial charge in [0.25, 0.3) is 5.56 Å². The Balaban J connectivity index is 1.44. The largest absolute Gasteiger partial charge is 0.493 e. The molecule has 200 valence electrons. The van der Waals surface area contributed by atoms with Gasteiger partial charge in [0.2, 0.25) is 4.96 Å². The SMILES string of the molecule is Cc1cc(-c2nn(-c3ccccc3)cc2/C=c2\sc3nc(-c4ccc(Cl)cc4)nn3c2=O)ccc1OCC(C)C. The number of aromatic nitrogens is 5. The highest BCUT2D eigenvalue weighted by molar-refractivity contribution is 7.15. The minimum absolute atomic E-state index is 0.222. The summed E-state index contributed by atoms with van der Waals surface area (Å²) in [7, 11) is 0. The molecule has 3 heterocycles. The molecule has 6 rings (SSSR count). The highest BCUT2D eigenvalue weighted by Gasteiger charge is 2.16. The van der Waals surface area contributed by atoms with E-state index in [0.717, 1.165) is 39.4 Å². The topological polar surface area (TPSA) is 74.3 Å². The van der Waals surface area contributed by atoms with Crippen molar-refractivity contribution in [2.75, 3.05) is 6.61 Å². The van der Waals surface area contributed by atoms with E-state index in [2.05, 4.69) is 30.0 Å². The van der Waals surface area contributed by atoms with Crippen LogP contribution in [0.3, 0.4) is 0 Å². The first-order valence-electron chi connectivity index (χ1n) is 12.9. The Labute approximate surface area is 240 Å². The van der Waals surface area contributed by atoms with E-state index in [9.17, 15) is 4.79 Å². The number of hydrogen-bond donors (Lipinski definition) is 0. The first kappa shape index (κ1) is 26.0. The Kier molecular flexibility index (Phi) is 6.96. The van der Waals surface area contributed by atoms with Crippen molar-refractivity contribution < 1.29 is 4.74 Å². The molecule has 0 aliphatic heterocycles. The van der Waals surface area contributed by atoms with Crippen molar-refractivity contribution in [2.45, 2.75) is 20.8 Å². The lowest BCUT2D eigenvalue weighted by molar-refractivity contribution is 0.269. The van der Waals surface area contributed by atoms with Crippen LogP contribution in [0.5, 0.6) is 5.75 Å². The molecule has 0 aliphatic carbocycles. The van der Waals surface area contributed by atoms with Gasteiger partial charge in [0.1, 0.15) is 11.4 Å². The molecular formula is C31H26ClN5O2S. The van der Waals surface area contributed by atoms with Gasteiger partial charge >= 0.3 is 0 Å². The van der Waals surface area contributed by atoms with Gasteiger partial charge in [-0.1, -0.05) is 55.0 Å². The van der Waals surface area contributed by atoms with Gasteiger partial charge in [0.15, 0.2) is 5.82 Å². The van der Waals surface area contributed by atoms with Gasteiger partial charge in [0, 0.05) is 27.9 Å². The first-order valence-corrected chi connectivity index (χ1v) is 14.1. The fourth-order valence-electron chi connectivity index (χ4n) is 4.34. The van der Waals surface area contributed by atoms with E-state index in [0.29, 0.717) is 32.9 Å². The van der Waals surface area contributed by atoms with Crippen LogP contribution in [0.2, 0.25) is 5.02 Å². The quantitative estimate of drug-likeness (QED) is 0.229. The van der Waals surface area contributed by atoms with E-state index in [1.807, 2.05) is 78.5 Å². The molecule has 0 radical (unpaired) electrons. The number of benzene rings is 3. The van der Waals surface area contributed by atoms with Gasteiger partial charge in [-0.15, -0.1) is 5.10 Å². The molecule has 40 heavy (non-hydrogen) atoms. The van der Waals surface area contributed by atoms with Crippen molar-refractivity contribution >= 4 is 34.0 Å². The summed E-state index contributed by atoms with van der Waals surface area (Å²) >= 11 is 7.31. The predicted molar refractivity (Wildman–Crippen MR) is 160 cm³/mol. The van der Waals surface area contributed by atoms with E-state index in [1.165, 1.54) is 15.9 Å². The second-order valence-electron chi connectivity index (χ2n) is 9.95. The molecule has 0 bridgehead atoms. The predicted octanol–water partition coefficient (Wildman–Crippen LogP) is 6.22. The second kappa shape index (κ2) is 10.7. The van der Waals surface area contributed by atoms with Gasteiger partial charge in [-0.25, -0.2) is 4.68 Å². The number of para-hydroxylation sites is 1. The lowest BCUT2D eigenvalue weighted by Crippen LogP contribution is -2.23. The van der Waals surface area contributed by atoms with E-state index >= 15 is 0 Å². The van der Waals surface area contributed by atoms with E-state index < -0.39 is 0 Å². The Morgan fingerprint density at radius 2 is 1.75 bits per heavy atom. The summed E-state index contributed by atoms with van der Waals surface area (Å²) in [6, 6.07) is 23.2. The maximum atomic E-state index is 13.4. The van der Waals surface area contributed by atoms with Crippen molar-refractivity contribution in [3.63, 3.8) is 0 Å². The monoisotopic (exact) mass is 567 g/mol. The Morgan fingerprint density at radius 1 is 1.00 bits per heavy atom. The summed E-state index contributed by atoms with van der Waals surface area (Å²) < 4.78 is 9.70. The highest BCUT2D eigenvalue weighted by Crippen LogP contribution is 2.29. The Bertz CT molecular complexity index is 1920. The first-order chi connectivity index (χ1) is 19.4. The van der Waals surface area contributed by atoms with Crippen LogP contribution in [-0.4, -0.2) is 31.0 Å². The average Bonchev–Trinajstić information content (AvgIpc) is 3.64. The average molecular weight is 568 g/mol. The lowest BCUT2D eigenvalue weighted by Gasteiger charge is -2.12. The van der Waals surface area contributed by atoms with Crippen LogP contribution in [0, 0.1) is 12.8 Å². The maximum absolute atomic E-state index is 13.4. The molecule has 0 aliphatic rings. The number of nitrogens with zero attached hydrogens (tertiary/aromatic N) is 5. The molecule has 9 heteroatoms. The summed E-state index contributed by atoms with van der Waals surface area (Å²) in [5.74, 6) is 1.78. The number of rotatable bonds is 7. The number of hydrogen-bond acceptors (Lipinski definition) is 6. The molecule has 0 amide bonds. The number of halogens is 1. The van der Waals surface area contributed by atoms with Crippen LogP contribution in [-0.2, 0) is 0 Å². The van der Waals surface area contributed by atoms with Crippen molar-refractivity contribution in [1.82, 2.24) is 24.4 Å². The van der Waals surface area contributed by atoms with Crippen LogP contribution in [0.4, 0.5) is 0 Å². The summed E-state index contributed by atoms with van der Waals surface area (Å²) in [4.78, 5) is 18.5. The van der Waals surface area contributed by atoms with Crippen LogP contribution < -0.4 is 14.8 Å². The maximum Gasteiger partial charge on any atom is 0.291 e. The number of thiazole rings is 1. The van der Waals surface area contributed by atoms with E-state index in [4.69, 9.17) is 21.4 Å². The second-order valence-corrected chi connectivity index (χ2v) is 11.4.